The molecule has 1 aromatic carbocycles. The van der Waals surface area contributed by atoms with Crippen molar-refractivity contribution in [2.24, 2.45) is 5.73 Å². The molecule has 1 atom stereocenters. The van der Waals surface area contributed by atoms with Crippen LogP contribution in [0.2, 0.25) is 0 Å². The van der Waals surface area contributed by atoms with Gasteiger partial charge in [0.2, 0.25) is 10.0 Å². The summed E-state index contributed by atoms with van der Waals surface area (Å²) in [5.74, 6) is -0.489. The second-order valence-corrected chi connectivity index (χ2v) is 6.44. The summed E-state index contributed by atoms with van der Waals surface area (Å²) in [6.07, 6.45) is -0.141. The van der Waals surface area contributed by atoms with Crippen molar-refractivity contribution in [2.45, 2.75) is 24.5 Å². The average Bonchev–Trinajstić information content (AvgIpc) is 2.39. The first kappa shape index (κ1) is 14.4. The van der Waals surface area contributed by atoms with Crippen molar-refractivity contribution in [3.05, 3.63) is 29.6 Å². The Morgan fingerprint density at radius 3 is 2.89 bits per heavy atom. The molecule has 1 aliphatic rings. The number of rotatable bonds is 3. The summed E-state index contributed by atoms with van der Waals surface area (Å²) in [4.78, 5) is 0.0726. The normalized spacial score (nSPS) is 21.5. The van der Waals surface area contributed by atoms with Crippen LogP contribution in [0.1, 0.15) is 12.5 Å². The van der Waals surface area contributed by atoms with E-state index in [2.05, 4.69) is 0 Å². The van der Waals surface area contributed by atoms with Crippen molar-refractivity contribution in [1.29, 1.82) is 0 Å². The summed E-state index contributed by atoms with van der Waals surface area (Å²) in [5, 5.41) is 0. The molecule has 1 saturated heterocycles. The lowest BCUT2D eigenvalue weighted by Gasteiger charge is -2.30. The maximum Gasteiger partial charge on any atom is 0.243 e. The van der Waals surface area contributed by atoms with E-state index >= 15 is 0 Å². The molecular formula is C12H17FN2O3S. The molecule has 2 rings (SSSR count). The Balaban J connectivity index is 2.33. The zero-order chi connectivity index (χ0) is 14.0. The van der Waals surface area contributed by atoms with E-state index < -0.39 is 15.8 Å². The Morgan fingerprint density at radius 2 is 2.26 bits per heavy atom. The number of sulfonamides is 1. The molecule has 1 aromatic rings. The number of hydrogen-bond acceptors (Lipinski definition) is 4. The van der Waals surface area contributed by atoms with Crippen LogP contribution < -0.4 is 5.73 Å². The monoisotopic (exact) mass is 288 g/mol. The molecular weight excluding hydrogens is 271 g/mol. The first-order valence-electron chi connectivity index (χ1n) is 6.05. The van der Waals surface area contributed by atoms with Gasteiger partial charge in [-0.15, -0.1) is 0 Å². The highest BCUT2D eigenvalue weighted by molar-refractivity contribution is 7.89. The molecule has 2 N–H and O–H groups in total. The van der Waals surface area contributed by atoms with Gasteiger partial charge in [0.25, 0.3) is 0 Å². The Bertz CT molecular complexity index is 562. The lowest BCUT2D eigenvalue weighted by Crippen LogP contribution is -2.44. The van der Waals surface area contributed by atoms with Crippen molar-refractivity contribution in [3.8, 4) is 0 Å². The van der Waals surface area contributed by atoms with Crippen LogP contribution in [-0.4, -0.2) is 38.5 Å². The molecule has 0 saturated carbocycles. The molecule has 0 aromatic heterocycles. The van der Waals surface area contributed by atoms with Gasteiger partial charge in [0, 0.05) is 25.2 Å². The van der Waals surface area contributed by atoms with Gasteiger partial charge >= 0.3 is 0 Å². The average molecular weight is 288 g/mol. The van der Waals surface area contributed by atoms with Gasteiger partial charge in [-0.1, -0.05) is 0 Å². The van der Waals surface area contributed by atoms with Crippen LogP contribution in [0, 0.1) is 5.82 Å². The summed E-state index contributed by atoms with van der Waals surface area (Å²) < 4.78 is 44.9. The lowest BCUT2D eigenvalue weighted by atomic mass is 10.2. The van der Waals surface area contributed by atoms with E-state index in [9.17, 15) is 12.8 Å². The van der Waals surface area contributed by atoms with Crippen LogP contribution in [0.25, 0.3) is 0 Å². The van der Waals surface area contributed by atoms with E-state index in [-0.39, 0.29) is 23.1 Å². The van der Waals surface area contributed by atoms with E-state index in [1.807, 2.05) is 6.92 Å². The fourth-order valence-corrected chi connectivity index (χ4v) is 3.57. The predicted octanol–water partition coefficient (Wildman–Crippen LogP) is 0.694. The van der Waals surface area contributed by atoms with Gasteiger partial charge in [0.1, 0.15) is 5.82 Å². The Kier molecular flexibility index (Phi) is 4.19. The Morgan fingerprint density at radius 1 is 1.53 bits per heavy atom. The zero-order valence-electron chi connectivity index (χ0n) is 10.7. The van der Waals surface area contributed by atoms with Gasteiger partial charge in [-0.2, -0.15) is 4.31 Å². The smallest absolute Gasteiger partial charge is 0.243 e. The largest absolute Gasteiger partial charge is 0.376 e. The minimum absolute atomic E-state index is 0.0330. The molecule has 5 nitrogen and oxygen atoms in total. The highest BCUT2D eigenvalue weighted by Crippen LogP contribution is 2.21. The standard InChI is InChI=1S/C12H17FN2O3S/c1-9-8-15(4-5-18-9)19(16,17)11-2-3-12(13)10(6-11)7-14/h2-3,6,9H,4-5,7-8,14H2,1H3. The van der Waals surface area contributed by atoms with Crippen LogP contribution in [0.15, 0.2) is 23.1 Å². The maximum absolute atomic E-state index is 13.4. The molecule has 0 bridgehead atoms. The molecule has 106 valence electrons. The van der Waals surface area contributed by atoms with Crippen molar-refractivity contribution in [1.82, 2.24) is 4.31 Å². The van der Waals surface area contributed by atoms with E-state index in [0.29, 0.717) is 19.7 Å². The third-order valence-electron chi connectivity index (χ3n) is 3.08. The molecule has 0 aliphatic carbocycles. The summed E-state index contributed by atoms with van der Waals surface area (Å²) in [7, 11) is -3.61. The second-order valence-electron chi connectivity index (χ2n) is 4.50. The number of nitrogens with two attached hydrogens (primary N) is 1. The van der Waals surface area contributed by atoms with E-state index in [0.717, 1.165) is 6.07 Å². The van der Waals surface area contributed by atoms with Gasteiger partial charge < -0.3 is 10.5 Å². The van der Waals surface area contributed by atoms with Crippen LogP contribution in [0.4, 0.5) is 4.39 Å². The van der Waals surface area contributed by atoms with E-state index in [1.54, 1.807) is 0 Å². The van der Waals surface area contributed by atoms with Gasteiger partial charge in [-0.25, -0.2) is 12.8 Å². The van der Waals surface area contributed by atoms with Gasteiger partial charge in [0.15, 0.2) is 0 Å². The number of nitrogens with zero attached hydrogens (tertiary/aromatic N) is 1. The van der Waals surface area contributed by atoms with Crippen LogP contribution in [0.5, 0.6) is 0 Å². The maximum atomic E-state index is 13.4. The number of benzene rings is 1. The van der Waals surface area contributed by atoms with Crippen molar-refractivity contribution in [2.75, 3.05) is 19.7 Å². The molecule has 1 heterocycles. The third kappa shape index (κ3) is 2.94. The summed E-state index contributed by atoms with van der Waals surface area (Å²) in [6.45, 7) is 2.76. The van der Waals surface area contributed by atoms with Gasteiger partial charge in [-0.3, -0.25) is 0 Å². The zero-order valence-corrected chi connectivity index (χ0v) is 11.5. The number of hydrogen-bond donors (Lipinski definition) is 1. The summed E-state index contributed by atoms with van der Waals surface area (Å²) >= 11 is 0. The molecule has 1 fully saturated rings. The molecule has 1 aliphatic heterocycles. The minimum Gasteiger partial charge on any atom is -0.376 e. The molecule has 0 spiro atoms. The number of ether oxygens (including phenoxy) is 1. The highest BCUT2D eigenvalue weighted by Gasteiger charge is 2.29. The van der Waals surface area contributed by atoms with Gasteiger partial charge in [0.05, 0.1) is 17.6 Å². The third-order valence-corrected chi connectivity index (χ3v) is 4.94. The highest BCUT2D eigenvalue weighted by atomic mass is 32.2. The van der Waals surface area contributed by atoms with E-state index in [1.165, 1.54) is 16.4 Å². The quantitative estimate of drug-likeness (QED) is 0.888. The van der Waals surface area contributed by atoms with Crippen LogP contribution in [0.3, 0.4) is 0 Å². The Labute approximate surface area is 112 Å². The fourth-order valence-electron chi connectivity index (χ4n) is 2.02. The first-order chi connectivity index (χ1) is 8.95. The van der Waals surface area contributed by atoms with Crippen LogP contribution in [-0.2, 0) is 21.3 Å². The van der Waals surface area contributed by atoms with E-state index in [4.69, 9.17) is 10.5 Å². The molecule has 7 heteroatoms. The van der Waals surface area contributed by atoms with Crippen molar-refractivity contribution >= 4 is 10.0 Å². The minimum atomic E-state index is -3.61. The Hall–Kier alpha value is -1.02. The summed E-state index contributed by atoms with van der Waals surface area (Å²) in [6, 6.07) is 3.70. The molecule has 19 heavy (non-hydrogen) atoms. The molecule has 0 amide bonds. The van der Waals surface area contributed by atoms with Gasteiger partial charge in [-0.05, 0) is 25.1 Å². The van der Waals surface area contributed by atoms with Crippen molar-refractivity contribution in [3.63, 3.8) is 0 Å². The SMILES string of the molecule is CC1CN(S(=O)(=O)c2ccc(F)c(CN)c2)CCO1. The predicted molar refractivity (Wildman–Crippen MR) is 68.5 cm³/mol. The second kappa shape index (κ2) is 5.54. The summed E-state index contributed by atoms with van der Waals surface area (Å²) in [5.41, 5.74) is 5.59. The first-order valence-corrected chi connectivity index (χ1v) is 7.49. The molecule has 0 radical (unpaired) electrons. The molecule has 1 unspecified atom stereocenters. The lowest BCUT2D eigenvalue weighted by molar-refractivity contribution is 0.0102. The fraction of sp³-hybridized carbons (Fsp3) is 0.500. The van der Waals surface area contributed by atoms with Crippen LogP contribution >= 0.6 is 0 Å². The number of halogens is 1. The topological polar surface area (TPSA) is 72.6 Å². The van der Waals surface area contributed by atoms with Crippen molar-refractivity contribution < 1.29 is 17.5 Å². The number of morpholine rings is 1.